The molecule has 1 unspecified atom stereocenters. The fraction of sp³-hybridized carbons (Fsp3) is 0.294. The van der Waals surface area contributed by atoms with Crippen LogP contribution < -0.4 is 4.74 Å². The minimum atomic E-state index is -0.195. The molecular formula is C17H18O2. The summed E-state index contributed by atoms with van der Waals surface area (Å²) in [5.41, 5.74) is 0.971. The van der Waals surface area contributed by atoms with Gasteiger partial charge in [0.25, 0.3) is 0 Å². The van der Waals surface area contributed by atoms with Crippen LogP contribution in [0.2, 0.25) is 0 Å². The zero-order valence-electron chi connectivity index (χ0n) is 11.2. The van der Waals surface area contributed by atoms with E-state index in [0.29, 0.717) is 0 Å². The van der Waals surface area contributed by atoms with Gasteiger partial charge in [0, 0.05) is 12.0 Å². The van der Waals surface area contributed by atoms with Gasteiger partial charge in [0.2, 0.25) is 0 Å². The molecule has 1 atom stereocenters. The zero-order chi connectivity index (χ0) is 13.3. The van der Waals surface area contributed by atoms with Crippen LogP contribution in [0.4, 0.5) is 0 Å². The Morgan fingerprint density at radius 1 is 1.32 bits per heavy atom. The van der Waals surface area contributed by atoms with E-state index in [1.165, 1.54) is 22.6 Å². The van der Waals surface area contributed by atoms with Gasteiger partial charge in [0.05, 0.1) is 18.5 Å². The maximum atomic E-state index is 5.93. The highest BCUT2D eigenvalue weighted by Crippen LogP contribution is 2.47. The molecule has 2 aromatic rings. The van der Waals surface area contributed by atoms with E-state index >= 15 is 0 Å². The number of benzene rings is 2. The van der Waals surface area contributed by atoms with Gasteiger partial charge in [0.1, 0.15) is 5.75 Å². The van der Waals surface area contributed by atoms with Crippen LogP contribution in [0.1, 0.15) is 25.3 Å². The van der Waals surface area contributed by atoms with Gasteiger partial charge in [-0.25, -0.2) is 0 Å². The van der Waals surface area contributed by atoms with E-state index < -0.39 is 0 Å². The maximum absolute atomic E-state index is 5.93. The van der Waals surface area contributed by atoms with E-state index in [-0.39, 0.29) is 5.60 Å². The van der Waals surface area contributed by atoms with Crippen molar-refractivity contribution in [2.24, 2.45) is 0 Å². The van der Waals surface area contributed by atoms with E-state index in [9.17, 15) is 0 Å². The van der Waals surface area contributed by atoms with Crippen molar-refractivity contribution < 1.29 is 9.47 Å². The highest BCUT2D eigenvalue weighted by Gasteiger charge is 2.41. The second kappa shape index (κ2) is 4.71. The smallest absolute Gasteiger partial charge is 0.133 e. The van der Waals surface area contributed by atoms with Gasteiger partial charge in [-0.2, -0.15) is 0 Å². The van der Waals surface area contributed by atoms with Crippen LogP contribution in [-0.4, -0.2) is 6.61 Å². The van der Waals surface area contributed by atoms with Gasteiger partial charge < -0.3 is 9.47 Å². The number of hydrogen-bond donors (Lipinski definition) is 0. The van der Waals surface area contributed by atoms with Crippen molar-refractivity contribution in [1.82, 2.24) is 0 Å². The maximum Gasteiger partial charge on any atom is 0.133 e. The molecule has 1 fully saturated rings. The van der Waals surface area contributed by atoms with E-state index in [1.54, 1.807) is 0 Å². The molecule has 1 saturated heterocycles. The fourth-order valence-electron chi connectivity index (χ4n) is 2.91. The Morgan fingerprint density at radius 2 is 2.11 bits per heavy atom. The predicted molar refractivity (Wildman–Crippen MR) is 77.3 cm³/mol. The van der Waals surface area contributed by atoms with Gasteiger partial charge in [-0.15, -0.1) is 0 Å². The number of rotatable bonds is 4. The summed E-state index contributed by atoms with van der Waals surface area (Å²) < 4.78 is 11.5. The molecule has 1 aliphatic rings. The molecular weight excluding hydrogens is 236 g/mol. The molecule has 19 heavy (non-hydrogen) atoms. The minimum absolute atomic E-state index is 0.195. The molecule has 1 heterocycles. The van der Waals surface area contributed by atoms with E-state index in [0.717, 1.165) is 25.2 Å². The molecule has 0 aliphatic carbocycles. The normalized spacial score (nSPS) is 21.9. The standard InChI is InChI=1S/C17H18O2/c1-3-17(11-12-19-17)16-14-8-6-5-7-13(14)9-10-15(16)18-4-2/h4-10H,2-3,11-12H2,1H3. The lowest BCUT2D eigenvalue weighted by atomic mass is 9.81. The summed E-state index contributed by atoms with van der Waals surface area (Å²) in [4.78, 5) is 0. The summed E-state index contributed by atoms with van der Waals surface area (Å²) in [5.74, 6) is 0.857. The summed E-state index contributed by atoms with van der Waals surface area (Å²) >= 11 is 0. The molecule has 1 aliphatic heterocycles. The summed E-state index contributed by atoms with van der Waals surface area (Å²) in [6.07, 6.45) is 3.48. The number of hydrogen-bond acceptors (Lipinski definition) is 2. The molecule has 0 bridgehead atoms. The number of ether oxygens (including phenoxy) is 2. The third-order valence-corrected chi connectivity index (χ3v) is 4.01. The van der Waals surface area contributed by atoms with Crippen LogP contribution >= 0.6 is 0 Å². The van der Waals surface area contributed by atoms with E-state index in [2.05, 4.69) is 43.8 Å². The van der Waals surface area contributed by atoms with Crippen molar-refractivity contribution >= 4 is 10.8 Å². The SMILES string of the molecule is C=COc1ccc2ccccc2c1C1(CC)CCO1. The van der Waals surface area contributed by atoms with Gasteiger partial charge in [-0.05, 0) is 23.3 Å². The first-order chi connectivity index (χ1) is 9.30. The molecule has 98 valence electrons. The van der Waals surface area contributed by atoms with Crippen LogP contribution in [0.5, 0.6) is 5.75 Å². The predicted octanol–water partition coefficient (Wildman–Crippen LogP) is 4.39. The highest BCUT2D eigenvalue weighted by atomic mass is 16.5. The quantitative estimate of drug-likeness (QED) is 0.753. The molecule has 0 saturated carbocycles. The molecule has 0 aromatic heterocycles. The molecule has 2 nitrogen and oxygen atoms in total. The van der Waals surface area contributed by atoms with Gasteiger partial charge in [-0.3, -0.25) is 0 Å². The molecule has 0 amide bonds. The van der Waals surface area contributed by atoms with Crippen molar-refractivity contribution in [1.29, 1.82) is 0 Å². The average Bonchev–Trinajstić information content (AvgIpc) is 2.40. The Bertz CT molecular complexity index is 606. The second-order valence-corrected chi connectivity index (χ2v) is 4.89. The third kappa shape index (κ3) is 1.83. The summed E-state index contributed by atoms with van der Waals surface area (Å²) in [6, 6.07) is 12.5. The summed E-state index contributed by atoms with van der Waals surface area (Å²) in [6.45, 7) is 6.66. The topological polar surface area (TPSA) is 18.5 Å². The summed E-state index contributed by atoms with van der Waals surface area (Å²) in [5, 5.41) is 2.43. The van der Waals surface area contributed by atoms with Gasteiger partial charge >= 0.3 is 0 Å². The van der Waals surface area contributed by atoms with Crippen molar-refractivity contribution in [3.8, 4) is 5.75 Å². The zero-order valence-corrected chi connectivity index (χ0v) is 11.2. The van der Waals surface area contributed by atoms with Crippen molar-refractivity contribution in [2.45, 2.75) is 25.4 Å². The van der Waals surface area contributed by atoms with Crippen LogP contribution in [0.25, 0.3) is 10.8 Å². The minimum Gasteiger partial charge on any atom is -0.465 e. The lowest BCUT2D eigenvalue weighted by molar-refractivity contribution is -0.155. The Kier molecular flexibility index (Phi) is 3.03. The molecule has 2 aromatic carbocycles. The Hall–Kier alpha value is -1.80. The van der Waals surface area contributed by atoms with Crippen LogP contribution in [0, 0.1) is 0 Å². The van der Waals surface area contributed by atoms with E-state index in [1.807, 2.05) is 6.07 Å². The average molecular weight is 254 g/mol. The van der Waals surface area contributed by atoms with Gasteiger partial charge in [-0.1, -0.05) is 43.8 Å². The molecule has 0 radical (unpaired) electrons. The van der Waals surface area contributed by atoms with Crippen molar-refractivity contribution in [3.05, 3.63) is 54.8 Å². The van der Waals surface area contributed by atoms with Crippen molar-refractivity contribution in [2.75, 3.05) is 6.61 Å². The number of fused-ring (bicyclic) bond motifs is 1. The van der Waals surface area contributed by atoms with Crippen LogP contribution in [0.15, 0.2) is 49.2 Å². The highest BCUT2D eigenvalue weighted by molar-refractivity contribution is 5.88. The first-order valence-electron chi connectivity index (χ1n) is 6.74. The molecule has 0 N–H and O–H groups in total. The lowest BCUT2D eigenvalue weighted by Gasteiger charge is -2.43. The van der Waals surface area contributed by atoms with Crippen LogP contribution in [-0.2, 0) is 10.3 Å². The van der Waals surface area contributed by atoms with E-state index in [4.69, 9.17) is 9.47 Å². The monoisotopic (exact) mass is 254 g/mol. The van der Waals surface area contributed by atoms with Crippen molar-refractivity contribution in [3.63, 3.8) is 0 Å². The fourth-order valence-corrected chi connectivity index (χ4v) is 2.91. The first kappa shape index (κ1) is 12.2. The third-order valence-electron chi connectivity index (χ3n) is 4.01. The van der Waals surface area contributed by atoms with Crippen LogP contribution in [0.3, 0.4) is 0 Å². The molecule has 0 spiro atoms. The largest absolute Gasteiger partial charge is 0.465 e. The molecule has 3 rings (SSSR count). The van der Waals surface area contributed by atoms with Gasteiger partial charge in [0.15, 0.2) is 0 Å². The Labute approximate surface area is 113 Å². The first-order valence-corrected chi connectivity index (χ1v) is 6.74. The summed E-state index contributed by atoms with van der Waals surface area (Å²) in [7, 11) is 0. The lowest BCUT2D eigenvalue weighted by Crippen LogP contribution is -2.40. The molecule has 2 heteroatoms. The Balaban J connectivity index is 2.28. The Morgan fingerprint density at radius 3 is 2.74 bits per heavy atom. The second-order valence-electron chi connectivity index (χ2n) is 4.89.